The van der Waals surface area contributed by atoms with E-state index in [2.05, 4.69) is 10.1 Å². The number of anilines is 1. The zero-order valence-electron chi connectivity index (χ0n) is 10.1. The minimum absolute atomic E-state index is 0.182. The Hall–Kier alpha value is -1.59. The van der Waals surface area contributed by atoms with Crippen LogP contribution in [-0.4, -0.2) is 31.7 Å². The normalized spacial score (nSPS) is 11.7. The Morgan fingerprint density at radius 3 is 2.50 bits per heavy atom. The van der Waals surface area contributed by atoms with Gasteiger partial charge in [0.2, 0.25) is 0 Å². The van der Waals surface area contributed by atoms with Crippen molar-refractivity contribution in [1.82, 2.24) is 0 Å². The van der Waals surface area contributed by atoms with E-state index < -0.39 is 18.0 Å². The summed E-state index contributed by atoms with van der Waals surface area (Å²) in [5, 5.41) is 3.18. The van der Waals surface area contributed by atoms with Gasteiger partial charge in [0, 0.05) is 17.8 Å². The van der Waals surface area contributed by atoms with E-state index in [0.29, 0.717) is 10.7 Å². The summed E-state index contributed by atoms with van der Waals surface area (Å²) in [4.78, 5) is 22.8. The largest absolute Gasteiger partial charge is 0.451 e. The van der Waals surface area contributed by atoms with Crippen LogP contribution < -0.4 is 5.32 Å². The molecule has 0 aliphatic heterocycles. The maximum absolute atomic E-state index is 11.7. The average molecular weight is 272 g/mol. The topological polar surface area (TPSA) is 64.6 Å². The Morgan fingerprint density at radius 1 is 1.33 bits per heavy atom. The van der Waals surface area contributed by atoms with Gasteiger partial charge in [-0.05, 0) is 31.2 Å². The van der Waals surface area contributed by atoms with E-state index in [1.807, 2.05) is 0 Å². The third kappa shape index (κ3) is 4.73. The number of ether oxygens (including phenoxy) is 2. The number of nitrogens with one attached hydrogen (secondary N) is 1. The Kier molecular flexibility index (Phi) is 5.61. The lowest BCUT2D eigenvalue weighted by atomic mass is 10.3. The monoisotopic (exact) mass is 271 g/mol. The minimum atomic E-state index is -0.886. The van der Waals surface area contributed by atoms with Crippen molar-refractivity contribution in [3.63, 3.8) is 0 Å². The first kappa shape index (κ1) is 14.5. The molecule has 0 radical (unpaired) electrons. The number of hydrogen-bond acceptors (Lipinski definition) is 4. The number of carbonyl (C=O) groups excluding carboxylic acids is 2. The number of carbonyl (C=O) groups is 2. The highest BCUT2D eigenvalue weighted by Gasteiger charge is 2.17. The van der Waals surface area contributed by atoms with Crippen molar-refractivity contribution in [3.05, 3.63) is 29.3 Å². The van der Waals surface area contributed by atoms with E-state index >= 15 is 0 Å². The second kappa shape index (κ2) is 6.98. The molecule has 1 atom stereocenters. The molecule has 6 heteroatoms. The quantitative estimate of drug-likeness (QED) is 0.830. The molecule has 0 bridgehead atoms. The molecule has 0 aromatic heterocycles. The molecule has 0 heterocycles. The van der Waals surface area contributed by atoms with Crippen molar-refractivity contribution in [3.8, 4) is 0 Å². The van der Waals surface area contributed by atoms with Gasteiger partial charge in [-0.15, -0.1) is 0 Å². The van der Waals surface area contributed by atoms with Crippen LogP contribution in [-0.2, 0) is 19.1 Å². The number of benzene rings is 1. The number of methoxy groups -OCH3 is 1. The van der Waals surface area contributed by atoms with Gasteiger partial charge in [-0.3, -0.25) is 4.79 Å². The first-order chi connectivity index (χ1) is 8.52. The summed E-state index contributed by atoms with van der Waals surface area (Å²) in [6, 6.07) is 6.62. The smallest absolute Gasteiger partial charge is 0.332 e. The van der Waals surface area contributed by atoms with E-state index in [0.717, 1.165) is 0 Å². The van der Waals surface area contributed by atoms with Crippen LogP contribution in [0.5, 0.6) is 0 Å². The summed E-state index contributed by atoms with van der Waals surface area (Å²) in [7, 11) is 1.37. The van der Waals surface area contributed by atoms with Crippen LogP contribution in [0.4, 0.5) is 5.69 Å². The van der Waals surface area contributed by atoms with E-state index in [-0.39, 0.29) is 6.61 Å². The van der Waals surface area contributed by atoms with Gasteiger partial charge >= 0.3 is 5.97 Å². The lowest BCUT2D eigenvalue weighted by Gasteiger charge is -2.13. The van der Waals surface area contributed by atoms with Crippen molar-refractivity contribution in [2.24, 2.45) is 0 Å². The predicted molar refractivity (Wildman–Crippen MR) is 67.5 cm³/mol. The average Bonchev–Trinajstić information content (AvgIpc) is 2.32. The summed E-state index contributed by atoms with van der Waals surface area (Å²) in [6.45, 7) is 1.30. The minimum Gasteiger partial charge on any atom is -0.451 e. The standard InChI is InChI=1S/C12H14ClNO4/c1-8(18-11(15)7-17-2)12(16)14-10-5-3-9(13)4-6-10/h3-6,8H,7H2,1-2H3,(H,14,16)/t8-/m1/s1. The van der Waals surface area contributed by atoms with Crippen LogP contribution in [0.1, 0.15) is 6.92 Å². The number of halogens is 1. The van der Waals surface area contributed by atoms with E-state index in [1.54, 1.807) is 24.3 Å². The van der Waals surface area contributed by atoms with Crippen LogP contribution in [0.25, 0.3) is 0 Å². The van der Waals surface area contributed by atoms with Crippen molar-refractivity contribution >= 4 is 29.2 Å². The van der Waals surface area contributed by atoms with Crippen molar-refractivity contribution in [2.75, 3.05) is 19.0 Å². The van der Waals surface area contributed by atoms with Gasteiger partial charge in [0.1, 0.15) is 6.61 Å². The lowest BCUT2D eigenvalue weighted by molar-refractivity contribution is -0.156. The zero-order valence-corrected chi connectivity index (χ0v) is 10.9. The van der Waals surface area contributed by atoms with E-state index in [4.69, 9.17) is 16.3 Å². The molecule has 0 saturated heterocycles. The third-order valence-electron chi connectivity index (χ3n) is 2.05. The summed E-state index contributed by atoms with van der Waals surface area (Å²) >= 11 is 5.72. The zero-order chi connectivity index (χ0) is 13.5. The fourth-order valence-electron chi connectivity index (χ4n) is 1.18. The molecule has 0 fully saturated rings. The molecular formula is C12H14ClNO4. The maximum Gasteiger partial charge on any atom is 0.332 e. The molecule has 98 valence electrons. The molecule has 1 rings (SSSR count). The molecule has 1 aromatic rings. The summed E-state index contributed by atoms with van der Waals surface area (Å²) < 4.78 is 9.44. The molecule has 0 aliphatic carbocycles. The first-order valence-electron chi connectivity index (χ1n) is 5.27. The maximum atomic E-state index is 11.7. The molecule has 1 amide bonds. The molecule has 5 nitrogen and oxygen atoms in total. The van der Waals surface area contributed by atoms with Crippen LogP contribution in [0, 0.1) is 0 Å². The number of rotatable bonds is 5. The predicted octanol–water partition coefficient (Wildman–Crippen LogP) is 1.86. The Morgan fingerprint density at radius 2 is 1.94 bits per heavy atom. The summed E-state index contributed by atoms with van der Waals surface area (Å²) in [6.07, 6.45) is -0.886. The number of esters is 1. The summed E-state index contributed by atoms with van der Waals surface area (Å²) in [5.74, 6) is -1.00. The van der Waals surface area contributed by atoms with Crippen LogP contribution in [0.15, 0.2) is 24.3 Å². The van der Waals surface area contributed by atoms with E-state index in [1.165, 1.54) is 14.0 Å². The molecule has 18 heavy (non-hydrogen) atoms. The van der Waals surface area contributed by atoms with Crippen LogP contribution in [0.3, 0.4) is 0 Å². The first-order valence-corrected chi connectivity index (χ1v) is 5.65. The fraction of sp³-hybridized carbons (Fsp3) is 0.333. The summed E-state index contributed by atoms with van der Waals surface area (Å²) in [5.41, 5.74) is 0.582. The highest BCUT2D eigenvalue weighted by Crippen LogP contribution is 2.13. The van der Waals surface area contributed by atoms with Crippen molar-refractivity contribution in [1.29, 1.82) is 0 Å². The highest BCUT2D eigenvalue weighted by molar-refractivity contribution is 6.30. The molecule has 0 spiro atoms. The van der Waals surface area contributed by atoms with E-state index in [9.17, 15) is 9.59 Å². The van der Waals surface area contributed by atoms with Gasteiger partial charge in [-0.1, -0.05) is 11.6 Å². The van der Waals surface area contributed by atoms with Gasteiger partial charge in [0.05, 0.1) is 0 Å². The van der Waals surface area contributed by atoms with Gasteiger partial charge in [0.25, 0.3) is 5.91 Å². The van der Waals surface area contributed by atoms with Gasteiger partial charge in [-0.2, -0.15) is 0 Å². The van der Waals surface area contributed by atoms with Crippen LogP contribution in [0.2, 0.25) is 5.02 Å². The molecule has 0 saturated carbocycles. The molecule has 1 N–H and O–H groups in total. The third-order valence-corrected chi connectivity index (χ3v) is 2.30. The van der Waals surface area contributed by atoms with Gasteiger partial charge in [0.15, 0.2) is 6.10 Å². The fourth-order valence-corrected chi connectivity index (χ4v) is 1.31. The van der Waals surface area contributed by atoms with Crippen molar-refractivity contribution < 1.29 is 19.1 Å². The van der Waals surface area contributed by atoms with Crippen molar-refractivity contribution in [2.45, 2.75) is 13.0 Å². The van der Waals surface area contributed by atoms with Crippen LogP contribution >= 0.6 is 11.6 Å². The molecular weight excluding hydrogens is 258 g/mol. The SMILES string of the molecule is COCC(=O)O[C@H](C)C(=O)Nc1ccc(Cl)cc1. The second-order valence-electron chi connectivity index (χ2n) is 3.56. The molecule has 0 aliphatic rings. The number of amides is 1. The Balaban J connectivity index is 2.49. The molecule has 0 unspecified atom stereocenters. The Labute approximate surface area is 110 Å². The molecule has 1 aromatic carbocycles. The van der Waals surface area contributed by atoms with Gasteiger partial charge < -0.3 is 14.8 Å². The lowest BCUT2D eigenvalue weighted by Crippen LogP contribution is -2.31. The van der Waals surface area contributed by atoms with Gasteiger partial charge in [-0.25, -0.2) is 4.79 Å². The Bertz CT molecular complexity index is 419. The second-order valence-corrected chi connectivity index (χ2v) is 4.00. The highest BCUT2D eigenvalue weighted by atomic mass is 35.5. The number of hydrogen-bond donors (Lipinski definition) is 1.